The van der Waals surface area contributed by atoms with Crippen molar-refractivity contribution in [1.29, 1.82) is 0 Å². The molecule has 1 unspecified atom stereocenters. The molecule has 0 aromatic rings. The maximum atomic E-state index is 4.83. The topological polar surface area (TPSA) is 9.23 Å². The van der Waals surface area contributed by atoms with Gasteiger partial charge in [-0.25, -0.2) is 0 Å². The second-order valence-corrected chi connectivity index (χ2v) is 0.781. The first-order valence-corrected chi connectivity index (χ1v) is 1.99. The van der Waals surface area contributed by atoms with E-state index in [1.807, 2.05) is 13.8 Å². The molecule has 0 aliphatic carbocycles. The first-order valence-electron chi connectivity index (χ1n) is 1.99. The van der Waals surface area contributed by atoms with Crippen molar-refractivity contribution >= 4 is 22.3 Å². The summed E-state index contributed by atoms with van der Waals surface area (Å²) in [5, 5.41) is 0. The quantitative estimate of drug-likeness (QED) is 0.534. The standard InChI is InChI=1S/C4H10O.ClH.H3P/c1-3-5-4-2;;/h3-4H2,1-2H3;1H;1H3. The molecular formula is C4H14ClOP. The smallest absolute Gasteiger partial charge is 0.0437 e. The lowest BCUT2D eigenvalue weighted by Gasteiger charge is -1.86. The monoisotopic (exact) mass is 144 g/mol. The van der Waals surface area contributed by atoms with Gasteiger partial charge in [0.25, 0.3) is 0 Å². The van der Waals surface area contributed by atoms with Crippen molar-refractivity contribution in [3.05, 3.63) is 0 Å². The predicted octanol–water partition coefficient (Wildman–Crippen LogP) is 1.52. The summed E-state index contributed by atoms with van der Waals surface area (Å²) >= 11 is 0. The zero-order valence-corrected chi connectivity index (χ0v) is 7.17. The molecule has 0 fully saturated rings. The van der Waals surface area contributed by atoms with Gasteiger partial charge in [0.05, 0.1) is 0 Å². The summed E-state index contributed by atoms with van der Waals surface area (Å²) < 4.78 is 4.83. The van der Waals surface area contributed by atoms with Crippen LogP contribution in [0.2, 0.25) is 0 Å². The molecule has 0 amide bonds. The third kappa shape index (κ3) is 20.4. The van der Waals surface area contributed by atoms with Crippen molar-refractivity contribution in [1.82, 2.24) is 0 Å². The summed E-state index contributed by atoms with van der Waals surface area (Å²) in [5.74, 6) is 0. The SMILES string of the molecule is CCOCC.Cl.P. The second-order valence-electron chi connectivity index (χ2n) is 0.781. The zero-order chi connectivity index (χ0) is 4.12. The summed E-state index contributed by atoms with van der Waals surface area (Å²) in [7, 11) is 0. The fraction of sp³-hybridized carbons (Fsp3) is 1.00. The molecule has 0 heterocycles. The minimum atomic E-state index is 0. The fourth-order valence-electron chi connectivity index (χ4n) is 0.204. The van der Waals surface area contributed by atoms with Crippen LogP contribution in [0.1, 0.15) is 13.8 Å². The van der Waals surface area contributed by atoms with Crippen molar-refractivity contribution < 1.29 is 4.74 Å². The van der Waals surface area contributed by atoms with Crippen LogP contribution in [0.25, 0.3) is 0 Å². The van der Waals surface area contributed by atoms with Crippen LogP contribution >= 0.6 is 22.3 Å². The van der Waals surface area contributed by atoms with E-state index in [4.69, 9.17) is 4.74 Å². The van der Waals surface area contributed by atoms with Crippen LogP contribution in [-0.4, -0.2) is 13.2 Å². The predicted molar refractivity (Wildman–Crippen MR) is 40.5 cm³/mol. The highest BCUT2D eigenvalue weighted by atomic mass is 35.5. The Morgan fingerprint density at radius 2 is 1.43 bits per heavy atom. The minimum Gasteiger partial charge on any atom is -0.382 e. The molecule has 0 rings (SSSR count). The van der Waals surface area contributed by atoms with Crippen molar-refractivity contribution in [2.75, 3.05) is 13.2 Å². The third-order valence-electron chi connectivity index (χ3n) is 0.408. The molecule has 0 N–H and O–H groups in total. The number of ether oxygens (including phenoxy) is 1. The molecule has 0 aliphatic rings. The molecule has 0 aromatic carbocycles. The highest BCUT2D eigenvalue weighted by Gasteiger charge is 1.64. The molecule has 0 saturated carbocycles. The first-order chi connectivity index (χ1) is 2.41. The van der Waals surface area contributed by atoms with E-state index < -0.39 is 0 Å². The van der Waals surface area contributed by atoms with Gasteiger partial charge in [0.15, 0.2) is 0 Å². The Balaban J connectivity index is -0.0000000800. The maximum absolute atomic E-state index is 4.83. The summed E-state index contributed by atoms with van der Waals surface area (Å²) in [6.07, 6.45) is 0. The average Bonchev–Trinajstić information content (AvgIpc) is 1.41. The van der Waals surface area contributed by atoms with E-state index in [0.29, 0.717) is 0 Å². The van der Waals surface area contributed by atoms with Crippen LogP contribution in [0.5, 0.6) is 0 Å². The summed E-state index contributed by atoms with van der Waals surface area (Å²) in [6.45, 7) is 5.67. The van der Waals surface area contributed by atoms with Crippen LogP contribution in [-0.2, 0) is 4.74 Å². The Morgan fingerprint density at radius 3 is 1.43 bits per heavy atom. The van der Waals surface area contributed by atoms with Gasteiger partial charge in [-0.2, -0.15) is 9.90 Å². The van der Waals surface area contributed by atoms with Crippen molar-refractivity contribution in [2.24, 2.45) is 0 Å². The highest BCUT2D eigenvalue weighted by Crippen LogP contribution is 1.64. The van der Waals surface area contributed by atoms with Crippen LogP contribution in [0.3, 0.4) is 0 Å². The Kier molecular flexibility index (Phi) is 35.6. The fourth-order valence-corrected chi connectivity index (χ4v) is 0.204. The molecule has 7 heavy (non-hydrogen) atoms. The van der Waals surface area contributed by atoms with E-state index in [0.717, 1.165) is 13.2 Å². The minimum absolute atomic E-state index is 0. The maximum Gasteiger partial charge on any atom is 0.0437 e. The summed E-state index contributed by atoms with van der Waals surface area (Å²) in [4.78, 5) is 0. The van der Waals surface area contributed by atoms with E-state index in [1.165, 1.54) is 0 Å². The van der Waals surface area contributed by atoms with Gasteiger partial charge in [0.1, 0.15) is 0 Å². The third-order valence-corrected chi connectivity index (χ3v) is 0.408. The lowest BCUT2D eigenvalue weighted by molar-refractivity contribution is 0.162. The van der Waals surface area contributed by atoms with Crippen LogP contribution < -0.4 is 0 Å². The van der Waals surface area contributed by atoms with E-state index in [1.54, 1.807) is 0 Å². The van der Waals surface area contributed by atoms with Gasteiger partial charge in [0.2, 0.25) is 0 Å². The molecule has 0 bridgehead atoms. The second kappa shape index (κ2) is 15.9. The van der Waals surface area contributed by atoms with Crippen molar-refractivity contribution in [3.8, 4) is 0 Å². The number of rotatable bonds is 2. The van der Waals surface area contributed by atoms with Gasteiger partial charge >= 0.3 is 0 Å². The molecule has 1 nitrogen and oxygen atoms in total. The summed E-state index contributed by atoms with van der Waals surface area (Å²) in [5.41, 5.74) is 0. The van der Waals surface area contributed by atoms with Crippen molar-refractivity contribution in [3.63, 3.8) is 0 Å². The molecule has 3 heteroatoms. The lowest BCUT2D eigenvalue weighted by Crippen LogP contribution is -1.84. The zero-order valence-electron chi connectivity index (χ0n) is 4.94. The molecule has 0 aromatic heterocycles. The van der Waals surface area contributed by atoms with Crippen molar-refractivity contribution in [2.45, 2.75) is 13.8 Å². The molecule has 0 spiro atoms. The van der Waals surface area contributed by atoms with Gasteiger partial charge in [-0.15, -0.1) is 12.4 Å². The molecule has 0 saturated heterocycles. The molecule has 0 radical (unpaired) electrons. The summed E-state index contributed by atoms with van der Waals surface area (Å²) in [6, 6.07) is 0. The van der Waals surface area contributed by atoms with Gasteiger partial charge < -0.3 is 4.74 Å². The molecule has 1 atom stereocenters. The van der Waals surface area contributed by atoms with Gasteiger partial charge in [-0.3, -0.25) is 0 Å². The largest absolute Gasteiger partial charge is 0.382 e. The average molecular weight is 145 g/mol. The van der Waals surface area contributed by atoms with Crippen LogP contribution in [0.15, 0.2) is 0 Å². The van der Waals surface area contributed by atoms with Crippen LogP contribution in [0.4, 0.5) is 0 Å². The normalized spacial score (nSPS) is 6.00. The van der Waals surface area contributed by atoms with E-state index in [-0.39, 0.29) is 22.3 Å². The number of hydrogen-bond acceptors (Lipinski definition) is 1. The van der Waals surface area contributed by atoms with E-state index in [2.05, 4.69) is 0 Å². The van der Waals surface area contributed by atoms with Gasteiger partial charge in [-0.1, -0.05) is 0 Å². The molecular weight excluding hydrogens is 130 g/mol. The van der Waals surface area contributed by atoms with Gasteiger partial charge in [-0.05, 0) is 13.8 Å². The lowest BCUT2D eigenvalue weighted by atomic mass is 10.8. The Bertz CT molecular complexity index is 19.2. The molecule has 0 aliphatic heterocycles. The molecule has 48 valence electrons. The van der Waals surface area contributed by atoms with Crippen LogP contribution in [0, 0.1) is 0 Å². The van der Waals surface area contributed by atoms with E-state index in [9.17, 15) is 0 Å². The van der Waals surface area contributed by atoms with Gasteiger partial charge in [0, 0.05) is 13.2 Å². The first kappa shape index (κ1) is 15.6. The number of halogens is 1. The Labute approximate surface area is 54.9 Å². The van der Waals surface area contributed by atoms with E-state index >= 15 is 0 Å². The highest BCUT2D eigenvalue weighted by molar-refractivity contribution is 6.92. The Hall–Kier alpha value is 0.680. The Morgan fingerprint density at radius 1 is 1.14 bits per heavy atom. The number of hydrogen-bond donors (Lipinski definition) is 0.